The van der Waals surface area contributed by atoms with Crippen molar-refractivity contribution in [2.45, 2.75) is 5.03 Å². The van der Waals surface area contributed by atoms with Crippen LogP contribution in [0.1, 0.15) is 0 Å². The Hall–Kier alpha value is -0.680. The number of carbonyl (C=O) groups excluding carboxylic acids is 1. The van der Waals surface area contributed by atoms with Crippen LogP contribution in [0.25, 0.3) is 0 Å². The largest absolute Gasteiger partial charge is 0.467 e. The van der Waals surface area contributed by atoms with E-state index in [4.69, 9.17) is 0 Å². The first-order chi connectivity index (χ1) is 6.43. The third kappa shape index (κ3) is 4.80. The van der Waals surface area contributed by atoms with Crippen molar-refractivity contribution >= 4 is 28.1 Å². The number of hydrogen-bond acceptors (Lipinski definition) is 5. The van der Waals surface area contributed by atoms with Gasteiger partial charge in [-0.05, 0) is 22.9 Å². The average molecular weight is 215 g/mol. The zero-order valence-corrected chi connectivity index (χ0v) is 8.51. The molecular weight excluding hydrogens is 206 g/mol. The predicted octanol–water partition coefficient (Wildman–Crippen LogP) is 1.99. The van der Waals surface area contributed by atoms with Gasteiger partial charge in [0, 0.05) is 11.9 Å². The maximum atomic E-state index is 9.79. The monoisotopic (exact) mass is 215 g/mol. The van der Waals surface area contributed by atoms with Gasteiger partial charge in [0.15, 0.2) is 0 Å². The fourth-order valence-electron chi connectivity index (χ4n) is 0.629. The van der Waals surface area contributed by atoms with E-state index in [0.29, 0.717) is 13.1 Å². The second kappa shape index (κ2) is 6.80. The van der Waals surface area contributed by atoms with Crippen molar-refractivity contribution in [3.63, 3.8) is 0 Å². The summed E-state index contributed by atoms with van der Waals surface area (Å²) in [5, 5.41) is 0.971. The van der Waals surface area contributed by atoms with Gasteiger partial charge >= 0.3 is 0 Å². The maximum Gasteiger partial charge on any atom is 0.293 e. The molecule has 0 amide bonds. The van der Waals surface area contributed by atoms with Gasteiger partial charge in [0.05, 0.1) is 0 Å². The van der Waals surface area contributed by atoms with Gasteiger partial charge in [-0.2, -0.15) is 0 Å². The quantitative estimate of drug-likeness (QED) is 0.412. The highest BCUT2D eigenvalue weighted by Gasteiger charge is 1.94. The van der Waals surface area contributed by atoms with Crippen molar-refractivity contribution in [3.8, 4) is 0 Å². The summed E-state index contributed by atoms with van der Waals surface area (Å²) < 4.78 is 4.54. The first-order valence-corrected chi connectivity index (χ1v) is 6.01. The summed E-state index contributed by atoms with van der Waals surface area (Å²) in [6.45, 7) is 0.917. The summed E-state index contributed by atoms with van der Waals surface area (Å²) >= 11 is 0. The number of ether oxygens (including phenoxy) is 1. The molecular formula is C8H9NO2S2. The third-order valence-corrected chi connectivity index (χ3v) is 3.36. The van der Waals surface area contributed by atoms with Gasteiger partial charge in [0.1, 0.15) is 11.6 Å². The third-order valence-electron chi connectivity index (χ3n) is 1.13. The predicted molar refractivity (Wildman–Crippen MR) is 54.6 cm³/mol. The van der Waals surface area contributed by atoms with Gasteiger partial charge in [0.25, 0.3) is 6.47 Å². The van der Waals surface area contributed by atoms with E-state index in [0.717, 1.165) is 10.8 Å². The Bertz CT molecular complexity index is 243. The molecule has 0 unspecified atom stereocenters. The zero-order chi connectivity index (χ0) is 9.36. The molecule has 0 fully saturated rings. The van der Waals surface area contributed by atoms with Gasteiger partial charge in [-0.25, -0.2) is 4.98 Å². The van der Waals surface area contributed by atoms with Crippen LogP contribution in [0.4, 0.5) is 0 Å². The highest BCUT2D eigenvalue weighted by Crippen LogP contribution is 2.28. The summed E-state index contributed by atoms with van der Waals surface area (Å²) in [5.41, 5.74) is 0. The second-order valence-electron chi connectivity index (χ2n) is 2.04. The Balaban J connectivity index is 2.10. The fourth-order valence-corrected chi connectivity index (χ4v) is 2.35. The smallest absolute Gasteiger partial charge is 0.293 e. The van der Waals surface area contributed by atoms with Crippen molar-refractivity contribution in [1.82, 2.24) is 4.98 Å². The molecule has 1 heterocycles. The van der Waals surface area contributed by atoms with Crippen LogP contribution in [0, 0.1) is 0 Å². The van der Waals surface area contributed by atoms with Crippen molar-refractivity contribution < 1.29 is 9.53 Å². The van der Waals surface area contributed by atoms with Crippen LogP contribution in [0.3, 0.4) is 0 Å². The molecule has 13 heavy (non-hydrogen) atoms. The van der Waals surface area contributed by atoms with E-state index in [2.05, 4.69) is 9.72 Å². The van der Waals surface area contributed by atoms with Crippen LogP contribution in [-0.4, -0.2) is 23.8 Å². The van der Waals surface area contributed by atoms with E-state index in [9.17, 15) is 4.79 Å². The second-order valence-corrected chi connectivity index (χ2v) is 4.48. The minimum absolute atomic E-state index is 0.452. The van der Waals surface area contributed by atoms with Gasteiger partial charge in [-0.1, -0.05) is 16.9 Å². The summed E-state index contributed by atoms with van der Waals surface area (Å²) in [6.07, 6.45) is 1.75. The average Bonchev–Trinajstić information content (AvgIpc) is 2.19. The molecule has 0 aromatic carbocycles. The maximum absolute atomic E-state index is 9.79. The molecule has 3 nitrogen and oxygen atoms in total. The molecule has 0 aliphatic heterocycles. The number of carbonyl (C=O) groups is 1. The van der Waals surface area contributed by atoms with Crippen molar-refractivity contribution in [2.75, 3.05) is 12.4 Å². The molecule has 0 aliphatic rings. The molecule has 1 aromatic heterocycles. The Morgan fingerprint density at radius 2 is 2.46 bits per heavy atom. The van der Waals surface area contributed by atoms with Crippen LogP contribution >= 0.6 is 21.6 Å². The van der Waals surface area contributed by atoms with E-state index in [1.165, 1.54) is 0 Å². The molecule has 0 aliphatic carbocycles. The van der Waals surface area contributed by atoms with Gasteiger partial charge < -0.3 is 4.74 Å². The number of nitrogens with zero attached hydrogens (tertiary/aromatic N) is 1. The summed E-state index contributed by atoms with van der Waals surface area (Å²) in [5.74, 6) is 0.778. The number of hydrogen-bond donors (Lipinski definition) is 0. The lowest BCUT2D eigenvalue weighted by molar-refractivity contribution is -0.128. The van der Waals surface area contributed by atoms with E-state index < -0.39 is 0 Å². The molecule has 0 atom stereocenters. The molecule has 0 saturated heterocycles. The molecule has 0 saturated carbocycles. The molecule has 1 aromatic rings. The van der Waals surface area contributed by atoms with Gasteiger partial charge in [-0.3, -0.25) is 4.79 Å². The Morgan fingerprint density at radius 3 is 3.15 bits per heavy atom. The van der Waals surface area contributed by atoms with Crippen LogP contribution < -0.4 is 0 Å². The minimum atomic E-state index is 0.452. The van der Waals surface area contributed by atoms with Gasteiger partial charge in [-0.15, -0.1) is 0 Å². The van der Waals surface area contributed by atoms with Crippen LogP contribution in [-0.2, 0) is 9.53 Å². The molecule has 0 bridgehead atoms. The SMILES string of the molecule is O=COCCSSc1ccccn1. The lowest BCUT2D eigenvalue weighted by atomic mass is 10.5. The normalized spacial score (nSPS) is 9.54. The summed E-state index contributed by atoms with van der Waals surface area (Å²) in [6, 6.07) is 5.76. The lowest BCUT2D eigenvalue weighted by Crippen LogP contribution is -1.92. The number of aromatic nitrogens is 1. The molecule has 70 valence electrons. The molecule has 0 radical (unpaired) electrons. The van der Waals surface area contributed by atoms with E-state index in [1.54, 1.807) is 27.8 Å². The minimum Gasteiger partial charge on any atom is -0.467 e. The van der Waals surface area contributed by atoms with E-state index in [-0.39, 0.29) is 0 Å². The highest BCUT2D eigenvalue weighted by atomic mass is 33.1. The first kappa shape index (κ1) is 10.4. The molecule has 5 heteroatoms. The van der Waals surface area contributed by atoms with Crippen LogP contribution in [0.5, 0.6) is 0 Å². The lowest BCUT2D eigenvalue weighted by Gasteiger charge is -1.98. The summed E-state index contributed by atoms with van der Waals surface area (Å²) in [7, 11) is 3.20. The summed E-state index contributed by atoms with van der Waals surface area (Å²) in [4.78, 5) is 13.9. The molecule has 1 rings (SSSR count). The van der Waals surface area contributed by atoms with E-state index >= 15 is 0 Å². The standard InChI is InChI=1S/C8H9NO2S2/c10-7-11-5-6-12-13-8-3-1-2-4-9-8/h1-4,7H,5-6H2. The number of rotatable bonds is 6. The van der Waals surface area contributed by atoms with Crippen molar-refractivity contribution in [1.29, 1.82) is 0 Å². The molecule has 0 N–H and O–H groups in total. The first-order valence-electron chi connectivity index (χ1n) is 3.69. The Morgan fingerprint density at radius 1 is 1.54 bits per heavy atom. The van der Waals surface area contributed by atoms with Gasteiger partial charge in [0.2, 0.25) is 0 Å². The Kier molecular flexibility index (Phi) is 5.44. The highest BCUT2D eigenvalue weighted by molar-refractivity contribution is 8.76. The Labute approximate surface area is 84.7 Å². The fraction of sp³-hybridized carbons (Fsp3) is 0.250. The number of pyridine rings is 1. The van der Waals surface area contributed by atoms with Crippen molar-refractivity contribution in [3.05, 3.63) is 24.4 Å². The van der Waals surface area contributed by atoms with Crippen molar-refractivity contribution in [2.24, 2.45) is 0 Å². The zero-order valence-electron chi connectivity index (χ0n) is 6.88. The van der Waals surface area contributed by atoms with Crippen LogP contribution in [0.15, 0.2) is 29.4 Å². The molecule has 0 spiro atoms. The topological polar surface area (TPSA) is 39.2 Å². The van der Waals surface area contributed by atoms with E-state index in [1.807, 2.05) is 18.2 Å². The van der Waals surface area contributed by atoms with Crippen LogP contribution in [0.2, 0.25) is 0 Å².